The predicted octanol–water partition coefficient (Wildman–Crippen LogP) is 2.61. The summed E-state index contributed by atoms with van der Waals surface area (Å²) in [7, 11) is -3.53. The zero-order chi connectivity index (χ0) is 19.9. The second-order valence-electron chi connectivity index (χ2n) is 7.82. The van der Waals surface area contributed by atoms with Gasteiger partial charge in [-0.2, -0.15) is 9.29 Å². The largest absolute Gasteiger partial charge is 0.338 e. The van der Waals surface area contributed by atoms with Gasteiger partial charge in [0, 0.05) is 25.5 Å². The van der Waals surface area contributed by atoms with Crippen LogP contribution in [-0.4, -0.2) is 45.9 Å². The predicted molar refractivity (Wildman–Crippen MR) is 102 cm³/mol. The molecule has 0 radical (unpaired) electrons. The summed E-state index contributed by atoms with van der Waals surface area (Å²) in [6.45, 7) is 6.89. The lowest BCUT2D eigenvalue weighted by Gasteiger charge is -2.35. The van der Waals surface area contributed by atoms with Gasteiger partial charge in [0.25, 0.3) is 0 Å². The Labute approximate surface area is 163 Å². The zero-order valence-electron chi connectivity index (χ0n) is 15.9. The van der Waals surface area contributed by atoms with Crippen LogP contribution >= 0.6 is 0 Å². The smallest absolute Gasteiger partial charge is 0.243 e. The normalized spacial score (nSPS) is 16.1. The van der Waals surface area contributed by atoms with Crippen LogP contribution in [0.5, 0.6) is 0 Å². The minimum Gasteiger partial charge on any atom is -0.338 e. The van der Waals surface area contributed by atoms with Crippen molar-refractivity contribution < 1.29 is 12.9 Å². The lowest BCUT2D eigenvalue weighted by atomic mass is 9.87. The fourth-order valence-electron chi connectivity index (χ4n) is 2.97. The van der Waals surface area contributed by atoms with Gasteiger partial charge < -0.3 is 4.52 Å². The molecule has 0 N–H and O–H groups in total. The molecule has 0 atom stereocenters. The summed E-state index contributed by atoms with van der Waals surface area (Å²) < 4.78 is 32.3. The molecule has 2 aromatic heterocycles. The van der Waals surface area contributed by atoms with E-state index in [9.17, 15) is 8.42 Å². The Bertz CT molecular complexity index is 1070. The third-order valence-corrected chi connectivity index (χ3v) is 6.61. The van der Waals surface area contributed by atoms with Crippen LogP contribution < -0.4 is 0 Å². The molecule has 3 aromatic rings. The zero-order valence-corrected chi connectivity index (χ0v) is 16.7. The number of hydrogen-bond donors (Lipinski definition) is 0. The third kappa shape index (κ3) is 3.43. The van der Waals surface area contributed by atoms with Crippen LogP contribution in [0, 0.1) is 0 Å². The fraction of sp³-hybridized carbons (Fsp3) is 0.368. The molecule has 0 unspecified atom stereocenters. The molecule has 8 nitrogen and oxygen atoms in total. The SMILES string of the molecule is CC(C)(C)c1ccc(S(=O)(=O)N2CC(c3nc(-c4ncccn4)no3)C2)cc1. The quantitative estimate of drug-likeness (QED) is 0.664. The highest BCUT2D eigenvalue weighted by atomic mass is 32.2. The van der Waals surface area contributed by atoms with E-state index in [4.69, 9.17) is 4.52 Å². The summed E-state index contributed by atoms with van der Waals surface area (Å²) in [6, 6.07) is 8.78. The summed E-state index contributed by atoms with van der Waals surface area (Å²) in [6.07, 6.45) is 3.20. The molecule has 1 aliphatic rings. The molecule has 0 bridgehead atoms. The number of nitrogens with zero attached hydrogens (tertiary/aromatic N) is 5. The van der Waals surface area contributed by atoms with E-state index in [0.29, 0.717) is 35.5 Å². The van der Waals surface area contributed by atoms with Crippen molar-refractivity contribution in [3.8, 4) is 11.6 Å². The standard InChI is InChI=1S/C19H21N5O3S/c1-19(2,3)14-5-7-15(8-6-14)28(25,26)24-11-13(12-24)18-22-17(23-27-18)16-20-9-4-10-21-16/h4-10,13H,11-12H2,1-3H3. The highest BCUT2D eigenvalue weighted by Gasteiger charge is 2.40. The van der Waals surface area contributed by atoms with Crippen LogP contribution in [0.4, 0.5) is 0 Å². The highest BCUT2D eigenvalue weighted by molar-refractivity contribution is 7.89. The maximum absolute atomic E-state index is 12.8. The van der Waals surface area contributed by atoms with Gasteiger partial charge in [-0.05, 0) is 29.2 Å². The maximum atomic E-state index is 12.8. The Kier molecular flexibility index (Phi) is 4.51. The molecule has 9 heteroatoms. The Hall–Kier alpha value is -2.65. The average molecular weight is 399 g/mol. The van der Waals surface area contributed by atoms with Crippen LogP contribution in [0.15, 0.2) is 52.1 Å². The van der Waals surface area contributed by atoms with Crippen molar-refractivity contribution in [3.05, 3.63) is 54.2 Å². The topological polar surface area (TPSA) is 102 Å². The summed E-state index contributed by atoms with van der Waals surface area (Å²) in [4.78, 5) is 12.8. The van der Waals surface area contributed by atoms with E-state index >= 15 is 0 Å². The lowest BCUT2D eigenvalue weighted by molar-refractivity contribution is 0.217. The van der Waals surface area contributed by atoms with E-state index in [0.717, 1.165) is 5.56 Å². The molecular formula is C19H21N5O3S. The van der Waals surface area contributed by atoms with Gasteiger partial charge in [-0.15, -0.1) is 0 Å². The molecule has 1 aromatic carbocycles. The van der Waals surface area contributed by atoms with Crippen molar-refractivity contribution in [1.29, 1.82) is 0 Å². The molecule has 28 heavy (non-hydrogen) atoms. The molecular weight excluding hydrogens is 378 g/mol. The van der Waals surface area contributed by atoms with Crippen LogP contribution in [0.3, 0.4) is 0 Å². The van der Waals surface area contributed by atoms with Crippen molar-refractivity contribution in [2.24, 2.45) is 0 Å². The first-order valence-corrected chi connectivity index (χ1v) is 10.4. The monoisotopic (exact) mass is 399 g/mol. The fourth-order valence-corrected chi connectivity index (χ4v) is 4.50. The highest BCUT2D eigenvalue weighted by Crippen LogP contribution is 2.32. The first-order valence-electron chi connectivity index (χ1n) is 8.97. The summed E-state index contributed by atoms with van der Waals surface area (Å²) in [5, 5.41) is 3.89. The van der Waals surface area contributed by atoms with Crippen LogP contribution in [0.2, 0.25) is 0 Å². The molecule has 0 spiro atoms. The van der Waals surface area contributed by atoms with E-state index in [1.807, 2.05) is 12.1 Å². The maximum Gasteiger partial charge on any atom is 0.243 e. The Morgan fingerprint density at radius 1 is 1.04 bits per heavy atom. The first-order chi connectivity index (χ1) is 13.2. The number of aromatic nitrogens is 4. The van der Waals surface area contributed by atoms with E-state index in [1.165, 1.54) is 4.31 Å². The van der Waals surface area contributed by atoms with E-state index < -0.39 is 10.0 Å². The summed E-state index contributed by atoms with van der Waals surface area (Å²) >= 11 is 0. The molecule has 0 amide bonds. The van der Waals surface area contributed by atoms with Gasteiger partial charge in [0.2, 0.25) is 27.6 Å². The molecule has 1 aliphatic heterocycles. The van der Waals surface area contributed by atoms with Gasteiger partial charge in [0.05, 0.1) is 10.8 Å². The van der Waals surface area contributed by atoms with Crippen LogP contribution in [-0.2, 0) is 15.4 Å². The van der Waals surface area contributed by atoms with Gasteiger partial charge >= 0.3 is 0 Å². The van der Waals surface area contributed by atoms with E-state index in [1.54, 1.807) is 30.6 Å². The lowest BCUT2D eigenvalue weighted by Crippen LogP contribution is -2.48. The molecule has 1 saturated heterocycles. The Morgan fingerprint density at radius 2 is 1.68 bits per heavy atom. The minimum atomic E-state index is -3.53. The first kappa shape index (κ1) is 18.7. The average Bonchev–Trinajstić information content (AvgIpc) is 3.10. The van der Waals surface area contributed by atoms with Crippen molar-refractivity contribution in [3.63, 3.8) is 0 Å². The third-order valence-electron chi connectivity index (χ3n) is 4.76. The van der Waals surface area contributed by atoms with E-state index in [2.05, 4.69) is 40.9 Å². The van der Waals surface area contributed by atoms with Crippen molar-refractivity contribution in [2.75, 3.05) is 13.1 Å². The molecule has 0 saturated carbocycles. The second-order valence-corrected chi connectivity index (χ2v) is 9.76. The number of hydrogen-bond acceptors (Lipinski definition) is 7. The van der Waals surface area contributed by atoms with Gasteiger partial charge in [0.1, 0.15) is 0 Å². The number of sulfonamides is 1. The van der Waals surface area contributed by atoms with Crippen LogP contribution in [0.1, 0.15) is 38.1 Å². The summed E-state index contributed by atoms with van der Waals surface area (Å²) in [5.41, 5.74) is 1.07. The van der Waals surface area contributed by atoms with Crippen molar-refractivity contribution >= 4 is 10.0 Å². The van der Waals surface area contributed by atoms with Gasteiger partial charge in [-0.3, -0.25) is 0 Å². The van der Waals surface area contributed by atoms with E-state index in [-0.39, 0.29) is 11.3 Å². The Balaban J connectivity index is 1.45. The molecule has 3 heterocycles. The molecule has 146 valence electrons. The number of rotatable bonds is 4. The molecule has 0 aliphatic carbocycles. The molecule has 1 fully saturated rings. The summed E-state index contributed by atoms with van der Waals surface area (Å²) in [5.74, 6) is 0.945. The van der Waals surface area contributed by atoms with Crippen LogP contribution in [0.25, 0.3) is 11.6 Å². The van der Waals surface area contributed by atoms with Crippen molar-refractivity contribution in [1.82, 2.24) is 24.4 Å². The molecule has 4 rings (SSSR count). The van der Waals surface area contributed by atoms with Gasteiger partial charge in [0.15, 0.2) is 0 Å². The number of benzene rings is 1. The van der Waals surface area contributed by atoms with Crippen molar-refractivity contribution in [2.45, 2.75) is 37.0 Å². The Morgan fingerprint density at radius 3 is 2.29 bits per heavy atom. The van der Waals surface area contributed by atoms with Gasteiger partial charge in [-0.1, -0.05) is 38.1 Å². The van der Waals surface area contributed by atoms with Gasteiger partial charge in [-0.25, -0.2) is 18.4 Å². The minimum absolute atomic E-state index is 0.0255. The second kappa shape index (κ2) is 6.75.